The summed E-state index contributed by atoms with van der Waals surface area (Å²) in [5.41, 5.74) is 4.30. The molecule has 0 aliphatic carbocycles. The molecule has 7 heteroatoms. The Hall–Kier alpha value is -4.00. The van der Waals surface area contributed by atoms with Gasteiger partial charge in [0.05, 0.1) is 23.5 Å². The molecule has 1 atom stereocenters. The van der Waals surface area contributed by atoms with Crippen LogP contribution in [0.3, 0.4) is 0 Å². The number of benzene rings is 3. The van der Waals surface area contributed by atoms with Crippen LogP contribution < -0.4 is 15.8 Å². The summed E-state index contributed by atoms with van der Waals surface area (Å²) in [5.74, 6) is -0.311. The molecule has 4 aromatic rings. The molecule has 1 aromatic heterocycles. The number of carbonyl (C=O) groups excluding carboxylic acids is 1. The number of nitrogens with one attached hydrogen (secondary N) is 1. The topological polar surface area (TPSA) is 67.2 Å². The predicted octanol–water partition coefficient (Wildman–Crippen LogP) is 4.43. The molecular formula is C29H29FN4O2. The highest BCUT2D eigenvalue weighted by atomic mass is 19.1. The van der Waals surface area contributed by atoms with Crippen LogP contribution >= 0.6 is 0 Å². The predicted molar refractivity (Wildman–Crippen MR) is 139 cm³/mol. The fourth-order valence-corrected chi connectivity index (χ4v) is 4.78. The van der Waals surface area contributed by atoms with E-state index in [2.05, 4.69) is 5.32 Å². The van der Waals surface area contributed by atoms with E-state index in [1.165, 1.54) is 17.7 Å². The maximum absolute atomic E-state index is 13.7. The third-order valence-corrected chi connectivity index (χ3v) is 6.74. The molecule has 1 aliphatic rings. The summed E-state index contributed by atoms with van der Waals surface area (Å²) >= 11 is 0. The lowest BCUT2D eigenvalue weighted by Gasteiger charge is -2.32. The highest BCUT2D eigenvalue weighted by Gasteiger charge is 2.28. The van der Waals surface area contributed by atoms with Crippen molar-refractivity contribution in [2.45, 2.75) is 32.9 Å². The highest BCUT2D eigenvalue weighted by molar-refractivity contribution is 5.80. The Kier molecular flexibility index (Phi) is 6.80. The summed E-state index contributed by atoms with van der Waals surface area (Å²) in [4.78, 5) is 33.3. The quantitative estimate of drug-likeness (QED) is 0.440. The van der Waals surface area contributed by atoms with Crippen LogP contribution in [0.25, 0.3) is 11.0 Å². The number of carbonyl (C=O) groups is 1. The van der Waals surface area contributed by atoms with E-state index in [4.69, 9.17) is 4.98 Å². The molecular weight excluding hydrogens is 455 g/mol. The molecule has 1 unspecified atom stereocenters. The average molecular weight is 485 g/mol. The Morgan fingerprint density at radius 3 is 2.67 bits per heavy atom. The van der Waals surface area contributed by atoms with Gasteiger partial charge in [-0.05, 0) is 55.2 Å². The first-order chi connectivity index (χ1) is 17.5. The second kappa shape index (κ2) is 10.3. The van der Waals surface area contributed by atoms with Gasteiger partial charge in [-0.1, -0.05) is 54.1 Å². The van der Waals surface area contributed by atoms with Gasteiger partial charge in [0, 0.05) is 19.6 Å². The maximum atomic E-state index is 13.7. The number of amides is 1. The van der Waals surface area contributed by atoms with Gasteiger partial charge in [0.1, 0.15) is 5.82 Å². The van der Waals surface area contributed by atoms with Crippen LogP contribution in [0.5, 0.6) is 0 Å². The molecule has 5 rings (SSSR count). The lowest BCUT2D eigenvalue weighted by atomic mass is 9.97. The summed E-state index contributed by atoms with van der Waals surface area (Å²) in [5, 5.41) is 2.92. The lowest BCUT2D eigenvalue weighted by molar-refractivity contribution is -0.125. The van der Waals surface area contributed by atoms with Gasteiger partial charge in [0.15, 0.2) is 5.82 Å². The van der Waals surface area contributed by atoms with Crippen molar-refractivity contribution >= 4 is 22.8 Å². The highest BCUT2D eigenvalue weighted by Crippen LogP contribution is 2.22. The zero-order chi connectivity index (χ0) is 25.1. The first-order valence-electron chi connectivity index (χ1n) is 12.3. The van der Waals surface area contributed by atoms with Gasteiger partial charge >= 0.3 is 0 Å². The monoisotopic (exact) mass is 484 g/mol. The number of halogens is 1. The van der Waals surface area contributed by atoms with Crippen LogP contribution in [0.1, 0.15) is 29.5 Å². The molecule has 36 heavy (non-hydrogen) atoms. The normalized spacial score (nSPS) is 15.7. The maximum Gasteiger partial charge on any atom is 0.294 e. The standard InChI is InChI=1S/C29H29FN4O2/c1-20-11-13-21(14-12-20)18-34-26-10-3-2-9-25(26)32-27(29(34)36)33-15-5-7-23(19-33)28(35)31-17-22-6-4-8-24(30)16-22/h2-4,6,8-14,16,23H,5,7,15,17-19H2,1H3,(H,31,35). The Morgan fingerprint density at radius 1 is 1.06 bits per heavy atom. The molecule has 1 saturated heterocycles. The molecule has 0 spiro atoms. The molecule has 6 nitrogen and oxygen atoms in total. The second-order valence-electron chi connectivity index (χ2n) is 9.43. The van der Waals surface area contributed by atoms with E-state index in [0.717, 1.165) is 29.4 Å². The molecule has 0 radical (unpaired) electrons. The lowest BCUT2D eigenvalue weighted by Crippen LogP contribution is -2.45. The number of para-hydroxylation sites is 2. The van der Waals surface area contributed by atoms with Crippen molar-refractivity contribution < 1.29 is 9.18 Å². The van der Waals surface area contributed by atoms with E-state index in [0.29, 0.717) is 31.0 Å². The van der Waals surface area contributed by atoms with Crippen molar-refractivity contribution in [1.29, 1.82) is 0 Å². The Bertz CT molecular complexity index is 1450. The molecule has 0 saturated carbocycles. The molecule has 1 amide bonds. The molecule has 184 valence electrons. The van der Waals surface area contributed by atoms with Crippen molar-refractivity contribution in [3.63, 3.8) is 0 Å². The first-order valence-corrected chi connectivity index (χ1v) is 12.3. The first kappa shape index (κ1) is 23.7. The van der Waals surface area contributed by atoms with Crippen molar-refractivity contribution in [2.75, 3.05) is 18.0 Å². The van der Waals surface area contributed by atoms with Crippen molar-refractivity contribution in [3.05, 3.63) is 106 Å². The summed E-state index contributed by atoms with van der Waals surface area (Å²) < 4.78 is 15.2. The molecule has 1 N–H and O–H groups in total. The van der Waals surface area contributed by atoms with Crippen LogP contribution in [0.15, 0.2) is 77.6 Å². The largest absolute Gasteiger partial charge is 0.352 e. The molecule has 2 heterocycles. The van der Waals surface area contributed by atoms with E-state index < -0.39 is 0 Å². The molecule has 1 fully saturated rings. The number of nitrogens with zero attached hydrogens (tertiary/aromatic N) is 3. The number of aromatic nitrogens is 2. The van der Waals surface area contributed by atoms with E-state index in [-0.39, 0.29) is 29.7 Å². The van der Waals surface area contributed by atoms with Gasteiger partial charge in [-0.15, -0.1) is 0 Å². The minimum Gasteiger partial charge on any atom is -0.352 e. The van der Waals surface area contributed by atoms with Gasteiger partial charge in [-0.2, -0.15) is 0 Å². The van der Waals surface area contributed by atoms with Crippen LogP contribution in [-0.2, 0) is 17.9 Å². The van der Waals surface area contributed by atoms with Crippen molar-refractivity contribution in [1.82, 2.24) is 14.9 Å². The van der Waals surface area contributed by atoms with Crippen LogP contribution in [0, 0.1) is 18.7 Å². The number of piperidine rings is 1. The summed E-state index contributed by atoms with van der Waals surface area (Å²) in [6.07, 6.45) is 1.51. The third kappa shape index (κ3) is 5.15. The zero-order valence-corrected chi connectivity index (χ0v) is 20.3. The van der Waals surface area contributed by atoms with Crippen LogP contribution in [0.4, 0.5) is 10.2 Å². The summed E-state index contributed by atoms with van der Waals surface area (Å²) in [7, 11) is 0. The zero-order valence-electron chi connectivity index (χ0n) is 20.3. The second-order valence-corrected chi connectivity index (χ2v) is 9.43. The third-order valence-electron chi connectivity index (χ3n) is 6.74. The fourth-order valence-electron chi connectivity index (χ4n) is 4.78. The van der Waals surface area contributed by atoms with Crippen molar-refractivity contribution in [2.24, 2.45) is 5.92 Å². The minimum absolute atomic E-state index is 0.0928. The Balaban J connectivity index is 1.39. The van der Waals surface area contributed by atoms with Gasteiger partial charge in [0.2, 0.25) is 5.91 Å². The summed E-state index contributed by atoms with van der Waals surface area (Å²) in [6, 6.07) is 22.0. The fraction of sp³-hybridized carbons (Fsp3) is 0.276. The number of hydrogen-bond donors (Lipinski definition) is 1. The number of hydrogen-bond acceptors (Lipinski definition) is 4. The van der Waals surface area contributed by atoms with E-state index in [1.54, 1.807) is 16.7 Å². The average Bonchev–Trinajstić information content (AvgIpc) is 2.90. The van der Waals surface area contributed by atoms with Crippen molar-refractivity contribution in [3.8, 4) is 0 Å². The smallest absolute Gasteiger partial charge is 0.294 e. The number of fused-ring (bicyclic) bond motifs is 1. The van der Waals surface area contributed by atoms with Crippen LogP contribution in [0.2, 0.25) is 0 Å². The molecule has 0 bridgehead atoms. The van der Waals surface area contributed by atoms with Gasteiger partial charge < -0.3 is 10.2 Å². The van der Waals surface area contributed by atoms with Gasteiger partial charge in [-0.25, -0.2) is 9.37 Å². The van der Waals surface area contributed by atoms with Gasteiger partial charge in [0.25, 0.3) is 5.56 Å². The van der Waals surface area contributed by atoms with Gasteiger partial charge in [-0.3, -0.25) is 14.2 Å². The van der Waals surface area contributed by atoms with E-state index in [1.807, 2.05) is 60.4 Å². The van der Waals surface area contributed by atoms with Crippen LogP contribution in [-0.4, -0.2) is 28.5 Å². The minimum atomic E-state index is -0.324. The number of anilines is 1. The SMILES string of the molecule is Cc1ccc(Cn2c(=O)c(N3CCCC(C(=O)NCc4cccc(F)c4)C3)nc3ccccc32)cc1. The van der Waals surface area contributed by atoms with E-state index in [9.17, 15) is 14.0 Å². The Labute approximate surface area is 209 Å². The number of rotatable bonds is 6. The molecule has 1 aliphatic heterocycles. The number of aryl methyl sites for hydroxylation is 1. The Morgan fingerprint density at radius 2 is 1.86 bits per heavy atom. The van der Waals surface area contributed by atoms with E-state index >= 15 is 0 Å². The molecule has 3 aromatic carbocycles. The summed E-state index contributed by atoms with van der Waals surface area (Å²) in [6.45, 7) is 3.83.